The first-order valence-electron chi connectivity index (χ1n) is 6.85. The first-order chi connectivity index (χ1) is 8.83. The van der Waals surface area contributed by atoms with Gasteiger partial charge in [-0.1, -0.05) is 12.1 Å². The van der Waals surface area contributed by atoms with Crippen molar-refractivity contribution in [3.8, 4) is 0 Å². The molecule has 0 spiro atoms. The van der Waals surface area contributed by atoms with E-state index in [4.69, 9.17) is 0 Å². The van der Waals surface area contributed by atoms with E-state index in [0.29, 0.717) is 6.04 Å². The molecule has 0 radical (unpaired) electrons. The highest BCUT2D eigenvalue weighted by Gasteiger charge is 2.18. The molecular formula is C15H24N2S. The highest BCUT2D eigenvalue weighted by atomic mass is 32.2. The van der Waals surface area contributed by atoms with Crippen LogP contribution in [-0.4, -0.2) is 26.4 Å². The molecule has 3 heteroatoms. The number of hydrogen-bond acceptors (Lipinski definition) is 3. The molecule has 100 valence electrons. The number of benzene rings is 1. The highest BCUT2D eigenvalue weighted by Crippen LogP contribution is 2.27. The van der Waals surface area contributed by atoms with Gasteiger partial charge in [-0.25, -0.2) is 0 Å². The van der Waals surface area contributed by atoms with Crippen LogP contribution in [0.5, 0.6) is 0 Å². The number of thioether (sulfide) groups is 1. The number of nitrogens with one attached hydrogen (secondary N) is 2. The zero-order chi connectivity index (χ0) is 12.8. The Hall–Kier alpha value is -0.510. The van der Waals surface area contributed by atoms with Crippen molar-refractivity contribution in [2.45, 2.75) is 30.2 Å². The van der Waals surface area contributed by atoms with Crippen LogP contribution in [0.4, 0.5) is 0 Å². The number of piperidine rings is 1. The molecule has 0 aliphatic carbocycles. The van der Waals surface area contributed by atoms with Crippen molar-refractivity contribution < 1.29 is 0 Å². The summed E-state index contributed by atoms with van der Waals surface area (Å²) in [5.74, 6) is 0.865. The van der Waals surface area contributed by atoms with Crippen molar-refractivity contribution >= 4 is 11.8 Å². The van der Waals surface area contributed by atoms with Gasteiger partial charge in [0.05, 0.1) is 0 Å². The lowest BCUT2D eigenvalue weighted by Crippen LogP contribution is -2.30. The summed E-state index contributed by atoms with van der Waals surface area (Å²) >= 11 is 1.80. The Labute approximate surface area is 115 Å². The topological polar surface area (TPSA) is 24.1 Å². The predicted molar refractivity (Wildman–Crippen MR) is 80.2 cm³/mol. The molecule has 2 rings (SSSR count). The molecule has 1 atom stereocenters. The molecule has 0 saturated carbocycles. The van der Waals surface area contributed by atoms with Gasteiger partial charge < -0.3 is 10.6 Å². The van der Waals surface area contributed by atoms with Gasteiger partial charge in [-0.3, -0.25) is 0 Å². The first kappa shape index (κ1) is 13.9. The standard InChI is InChI=1S/C15H24N2S/c1-16-15(11-12-7-9-17-10-8-12)13-3-5-14(18-2)6-4-13/h3-6,12,15-17H,7-11H2,1-2H3. The molecule has 2 nitrogen and oxygen atoms in total. The molecular weight excluding hydrogens is 240 g/mol. The van der Waals surface area contributed by atoms with Gasteiger partial charge in [0.2, 0.25) is 0 Å². The van der Waals surface area contributed by atoms with Crippen molar-refractivity contribution in [3.05, 3.63) is 29.8 Å². The average molecular weight is 264 g/mol. The van der Waals surface area contributed by atoms with Crippen molar-refractivity contribution in [1.29, 1.82) is 0 Å². The second-order valence-corrected chi connectivity index (χ2v) is 5.92. The molecule has 0 amide bonds. The monoisotopic (exact) mass is 264 g/mol. The maximum Gasteiger partial charge on any atom is 0.0320 e. The molecule has 1 saturated heterocycles. The molecule has 0 bridgehead atoms. The van der Waals surface area contributed by atoms with Gasteiger partial charge in [-0.2, -0.15) is 0 Å². The predicted octanol–water partition coefficient (Wildman–Crippen LogP) is 3.06. The fourth-order valence-electron chi connectivity index (χ4n) is 2.71. The van der Waals surface area contributed by atoms with Gasteiger partial charge >= 0.3 is 0 Å². The van der Waals surface area contributed by atoms with Gasteiger partial charge in [0.1, 0.15) is 0 Å². The normalized spacial score (nSPS) is 18.8. The molecule has 1 aromatic rings. The van der Waals surface area contributed by atoms with Crippen LogP contribution in [0.2, 0.25) is 0 Å². The van der Waals surface area contributed by atoms with E-state index in [2.05, 4.69) is 48.2 Å². The molecule has 0 aromatic heterocycles. The Bertz CT molecular complexity index is 344. The first-order valence-corrected chi connectivity index (χ1v) is 8.08. The molecule has 1 aromatic carbocycles. The summed E-state index contributed by atoms with van der Waals surface area (Å²) in [6.45, 7) is 2.37. The number of rotatable bonds is 5. The van der Waals surface area contributed by atoms with Crippen LogP contribution in [0, 0.1) is 5.92 Å². The van der Waals surface area contributed by atoms with Crippen LogP contribution in [0.1, 0.15) is 30.9 Å². The van der Waals surface area contributed by atoms with Gasteiger partial charge in [0, 0.05) is 10.9 Å². The van der Waals surface area contributed by atoms with Crippen molar-refractivity contribution in [1.82, 2.24) is 10.6 Å². The zero-order valence-electron chi connectivity index (χ0n) is 11.4. The van der Waals surface area contributed by atoms with Crippen LogP contribution in [0.15, 0.2) is 29.2 Å². The maximum atomic E-state index is 3.48. The Morgan fingerprint density at radius 2 is 1.94 bits per heavy atom. The van der Waals surface area contributed by atoms with Gasteiger partial charge in [0.25, 0.3) is 0 Å². The number of hydrogen-bond donors (Lipinski definition) is 2. The highest BCUT2D eigenvalue weighted by molar-refractivity contribution is 7.98. The second-order valence-electron chi connectivity index (χ2n) is 5.04. The van der Waals surface area contributed by atoms with Crippen LogP contribution in [0.25, 0.3) is 0 Å². The quantitative estimate of drug-likeness (QED) is 0.799. The van der Waals surface area contributed by atoms with E-state index in [-0.39, 0.29) is 0 Å². The van der Waals surface area contributed by atoms with Crippen molar-refractivity contribution in [3.63, 3.8) is 0 Å². The Kier molecular flexibility index (Phi) is 5.54. The molecule has 1 aliphatic heterocycles. The lowest BCUT2D eigenvalue weighted by atomic mass is 9.88. The third-order valence-electron chi connectivity index (χ3n) is 3.89. The SMILES string of the molecule is CNC(CC1CCNCC1)c1ccc(SC)cc1. The summed E-state index contributed by atoms with van der Waals surface area (Å²) in [5.41, 5.74) is 1.42. The summed E-state index contributed by atoms with van der Waals surface area (Å²) < 4.78 is 0. The van der Waals surface area contributed by atoms with E-state index < -0.39 is 0 Å². The van der Waals surface area contributed by atoms with Crippen molar-refractivity contribution in [2.24, 2.45) is 5.92 Å². The molecule has 1 aliphatic rings. The average Bonchev–Trinajstić information content (AvgIpc) is 2.46. The molecule has 18 heavy (non-hydrogen) atoms. The van der Waals surface area contributed by atoms with E-state index in [0.717, 1.165) is 5.92 Å². The van der Waals surface area contributed by atoms with Crippen LogP contribution in [-0.2, 0) is 0 Å². The summed E-state index contributed by atoms with van der Waals surface area (Å²) in [6.07, 6.45) is 6.03. The fraction of sp³-hybridized carbons (Fsp3) is 0.600. The van der Waals surface area contributed by atoms with Gasteiger partial charge in [0.15, 0.2) is 0 Å². The maximum absolute atomic E-state index is 3.48. The summed E-state index contributed by atoms with van der Waals surface area (Å²) in [7, 11) is 2.08. The van der Waals surface area contributed by atoms with E-state index >= 15 is 0 Å². The Morgan fingerprint density at radius 3 is 2.50 bits per heavy atom. The van der Waals surface area contributed by atoms with Gasteiger partial charge in [-0.15, -0.1) is 11.8 Å². The second kappa shape index (κ2) is 7.17. The van der Waals surface area contributed by atoms with E-state index in [1.165, 1.54) is 42.8 Å². The lowest BCUT2D eigenvalue weighted by molar-refractivity contribution is 0.318. The van der Waals surface area contributed by atoms with Gasteiger partial charge in [-0.05, 0) is 69.3 Å². The van der Waals surface area contributed by atoms with Crippen LogP contribution in [0.3, 0.4) is 0 Å². The Morgan fingerprint density at radius 1 is 1.28 bits per heavy atom. The molecule has 1 fully saturated rings. The molecule has 1 heterocycles. The lowest BCUT2D eigenvalue weighted by Gasteiger charge is -2.27. The smallest absolute Gasteiger partial charge is 0.0320 e. The van der Waals surface area contributed by atoms with Crippen LogP contribution >= 0.6 is 11.8 Å². The fourth-order valence-corrected chi connectivity index (χ4v) is 3.12. The van der Waals surface area contributed by atoms with E-state index in [1.54, 1.807) is 11.8 Å². The third kappa shape index (κ3) is 3.74. The minimum Gasteiger partial charge on any atom is -0.317 e. The molecule has 2 N–H and O–H groups in total. The minimum atomic E-state index is 0.504. The largest absolute Gasteiger partial charge is 0.317 e. The molecule has 1 unspecified atom stereocenters. The summed E-state index contributed by atoms with van der Waals surface area (Å²) in [4.78, 5) is 1.34. The Balaban J connectivity index is 1.97. The third-order valence-corrected chi connectivity index (χ3v) is 4.64. The van der Waals surface area contributed by atoms with E-state index in [1.807, 2.05) is 0 Å². The minimum absolute atomic E-state index is 0.504. The zero-order valence-corrected chi connectivity index (χ0v) is 12.2. The van der Waals surface area contributed by atoms with Crippen molar-refractivity contribution in [2.75, 3.05) is 26.4 Å². The van der Waals surface area contributed by atoms with E-state index in [9.17, 15) is 0 Å². The summed E-state index contributed by atoms with van der Waals surface area (Å²) in [6, 6.07) is 9.51. The summed E-state index contributed by atoms with van der Waals surface area (Å²) in [5, 5.41) is 6.91. The van der Waals surface area contributed by atoms with Crippen LogP contribution < -0.4 is 10.6 Å².